The molecule has 0 aliphatic heterocycles. The Kier molecular flexibility index (Phi) is 4.91. The molecule has 0 bridgehead atoms. The fourth-order valence-electron chi connectivity index (χ4n) is 2.56. The Morgan fingerprint density at radius 3 is 2.55 bits per heavy atom. The predicted octanol–water partition coefficient (Wildman–Crippen LogP) is 5.22. The van der Waals surface area contributed by atoms with E-state index in [0.29, 0.717) is 0 Å². The van der Waals surface area contributed by atoms with Gasteiger partial charge in [-0.25, -0.2) is 0 Å². The normalized spacial score (nSPS) is 12.5. The van der Waals surface area contributed by atoms with Crippen molar-refractivity contribution in [3.63, 3.8) is 0 Å². The molecule has 1 N–H and O–H groups in total. The van der Waals surface area contributed by atoms with Crippen LogP contribution in [0.15, 0.2) is 27.1 Å². The number of hydrogen-bond donors (Lipinski definition) is 1. The summed E-state index contributed by atoms with van der Waals surface area (Å²) in [5, 5.41) is 8.14. The topological polar surface area (TPSA) is 29.9 Å². The summed E-state index contributed by atoms with van der Waals surface area (Å²) >= 11 is 7.06. The van der Waals surface area contributed by atoms with E-state index in [9.17, 15) is 0 Å². The van der Waals surface area contributed by atoms with Crippen LogP contribution in [0.3, 0.4) is 0 Å². The first-order valence-corrected chi connectivity index (χ1v) is 8.28. The highest BCUT2D eigenvalue weighted by Crippen LogP contribution is 2.31. The van der Waals surface area contributed by atoms with Gasteiger partial charge in [0, 0.05) is 32.4 Å². The van der Waals surface area contributed by atoms with Crippen molar-refractivity contribution in [2.24, 2.45) is 0 Å². The summed E-state index contributed by atoms with van der Waals surface area (Å²) < 4.78 is 4.17. The minimum absolute atomic E-state index is 0.216. The molecule has 3 nitrogen and oxygen atoms in total. The number of rotatable bonds is 4. The van der Waals surface area contributed by atoms with Gasteiger partial charge in [-0.2, -0.15) is 5.10 Å². The van der Waals surface area contributed by atoms with Gasteiger partial charge in [0.2, 0.25) is 0 Å². The number of hydrogen-bond acceptors (Lipinski definition) is 2. The molecule has 1 aromatic heterocycles. The van der Waals surface area contributed by atoms with Crippen molar-refractivity contribution in [1.29, 1.82) is 0 Å². The molecule has 0 saturated heterocycles. The summed E-state index contributed by atoms with van der Waals surface area (Å²) in [6, 6.07) is 6.37. The lowest BCUT2D eigenvalue weighted by molar-refractivity contribution is 0.632. The van der Waals surface area contributed by atoms with Crippen LogP contribution in [0.25, 0.3) is 0 Å². The Bertz CT molecular complexity index is 620. The number of halogens is 2. The maximum absolute atomic E-state index is 4.59. The molecule has 1 aromatic carbocycles. The standard InChI is InChI=1S/C15H19Br2N3/c1-5-20-11(4)15(10(3)19-20)9(2)18-14-7-6-12(16)8-13(14)17/h6-9,18H,5H2,1-4H3. The van der Waals surface area contributed by atoms with Gasteiger partial charge in [0.05, 0.1) is 11.7 Å². The monoisotopic (exact) mass is 399 g/mol. The van der Waals surface area contributed by atoms with Crippen molar-refractivity contribution in [3.8, 4) is 0 Å². The molecule has 1 atom stereocenters. The molecular formula is C15H19Br2N3. The highest BCUT2D eigenvalue weighted by Gasteiger charge is 2.17. The van der Waals surface area contributed by atoms with Gasteiger partial charge in [-0.05, 0) is 61.8 Å². The molecular weight excluding hydrogens is 382 g/mol. The van der Waals surface area contributed by atoms with Crippen molar-refractivity contribution in [1.82, 2.24) is 9.78 Å². The van der Waals surface area contributed by atoms with Crippen LogP contribution >= 0.6 is 31.9 Å². The quantitative estimate of drug-likeness (QED) is 0.762. The molecule has 0 radical (unpaired) electrons. The van der Waals surface area contributed by atoms with E-state index in [-0.39, 0.29) is 6.04 Å². The molecule has 0 spiro atoms. The Hall–Kier alpha value is -0.810. The molecule has 0 amide bonds. The Balaban J connectivity index is 2.28. The van der Waals surface area contributed by atoms with E-state index in [0.717, 1.165) is 26.9 Å². The van der Waals surface area contributed by atoms with E-state index in [2.05, 4.69) is 80.7 Å². The summed E-state index contributed by atoms with van der Waals surface area (Å²) in [5.74, 6) is 0. The fraction of sp³-hybridized carbons (Fsp3) is 0.400. The second-order valence-corrected chi connectivity index (χ2v) is 6.66. The Morgan fingerprint density at radius 1 is 1.30 bits per heavy atom. The molecule has 5 heteroatoms. The van der Waals surface area contributed by atoms with E-state index in [4.69, 9.17) is 0 Å². The third-order valence-corrected chi connectivity index (χ3v) is 4.62. The maximum Gasteiger partial charge on any atom is 0.0649 e. The fourth-order valence-corrected chi connectivity index (χ4v) is 3.72. The van der Waals surface area contributed by atoms with Crippen LogP contribution in [0.5, 0.6) is 0 Å². The molecule has 1 heterocycles. The van der Waals surface area contributed by atoms with Gasteiger partial charge in [0.1, 0.15) is 0 Å². The molecule has 1 unspecified atom stereocenters. The highest BCUT2D eigenvalue weighted by molar-refractivity contribution is 9.11. The lowest BCUT2D eigenvalue weighted by Gasteiger charge is -2.17. The van der Waals surface area contributed by atoms with Crippen molar-refractivity contribution in [3.05, 3.63) is 44.1 Å². The predicted molar refractivity (Wildman–Crippen MR) is 91.3 cm³/mol. The lowest BCUT2D eigenvalue weighted by atomic mass is 10.1. The van der Waals surface area contributed by atoms with Gasteiger partial charge in [-0.15, -0.1) is 0 Å². The van der Waals surface area contributed by atoms with E-state index in [1.165, 1.54) is 11.3 Å². The Labute approximate surface area is 137 Å². The van der Waals surface area contributed by atoms with Gasteiger partial charge in [-0.1, -0.05) is 15.9 Å². The highest BCUT2D eigenvalue weighted by atomic mass is 79.9. The Morgan fingerprint density at radius 2 is 2.00 bits per heavy atom. The van der Waals surface area contributed by atoms with Crippen LogP contribution in [0.1, 0.15) is 36.8 Å². The van der Waals surface area contributed by atoms with Crippen LogP contribution in [0.4, 0.5) is 5.69 Å². The van der Waals surface area contributed by atoms with E-state index in [1.54, 1.807) is 0 Å². The molecule has 20 heavy (non-hydrogen) atoms. The summed E-state index contributed by atoms with van der Waals surface area (Å²) in [4.78, 5) is 0. The molecule has 2 aromatic rings. The third kappa shape index (κ3) is 3.09. The first kappa shape index (κ1) is 15.6. The van der Waals surface area contributed by atoms with Crippen molar-refractivity contribution < 1.29 is 0 Å². The molecule has 2 rings (SSSR count). The van der Waals surface area contributed by atoms with E-state index in [1.807, 2.05) is 12.1 Å². The summed E-state index contributed by atoms with van der Waals surface area (Å²) in [6.45, 7) is 9.40. The molecule has 0 fully saturated rings. The largest absolute Gasteiger partial charge is 0.377 e. The zero-order chi connectivity index (χ0) is 14.9. The smallest absolute Gasteiger partial charge is 0.0649 e. The zero-order valence-electron chi connectivity index (χ0n) is 12.2. The van der Waals surface area contributed by atoms with Crippen molar-refractivity contribution in [2.75, 3.05) is 5.32 Å². The number of benzene rings is 1. The van der Waals surface area contributed by atoms with Crippen LogP contribution in [-0.2, 0) is 6.54 Å². The second-order valence-electron chi connectivity index (χ2n) is 4.89. The number of nitrogens with one attached hydrogen (secondary N) is 1. The maximum atomic E-state index is 4.59. The number of nitrogens with zero attached hydrogens (tertiary/aromatic N) is 2. The second kappa shape index (κ2) is 6.31. The minimum atomic E-state index is 0.216. The third-order valence-electron chi connectivity index (χ3n) is 3.47. The van der Waals surface area contributed by atoms with E-state index >= 15 is 0 Å². The minimum Gasteiger partial charge on any atom is -0.377 e. The number of aryl methyl sites for hydroxylation is 2. The number of aromatic nitrogens is 2. The molecule has 0 aliphatic rings. The SMILES string of the molecule is CCn1nc(C)c(C(C)Nc2ccc(Br)cc2Br)c1C. The van der Waals surface area contributed by atoms with Gasteiger partial charge in [0.15, 0.2) is 0 Å². The van der Waals surface area contributed by atoms with Gasteiger partial charge < -0.3 is 5.32 Å². The molecule has 108 valence electrons. The summed E-state index contributed by atoms with van der Waals surface area (Å²) in [5.41, 5.74) is 4.70. The van der Waals surface area contributed by atoms with Crippen molar-refractivity contribution in [2.45, 2.75) is 40.3 Å². The molecule has 0 saturated carbocycles. The lowest BCUT2D eigenvalue weighted by Crippen LogP contribution is -2.09. The van der Waals surface area contributed by atoms with Crippen molar-refractivity contribution >= 4 is 37.5 Å². The van der Waals surface area contributed by atoms with Gasteiger partial charge >= 0.3 is 0 Å². The van der Waals surface area contributed by atoms with Crippen LogP contribution < -0.4 is 5.32 Å². The summed E-state index contributed by atoms with van der Waals surface area (Å²) in [6.07, 6.45) is 0. The van der Waals surface area contributed by atoms with Crippen LogP contribution in [0, 0.1) is 13.8 Å². The van der Waals surface area contributed by atoms with Crippen LogP contribution in [-0.4, -0.2) is 9.78 Å². The van der Waals surface area contributed by atoms with Crippen LogP contribution in [0.2, 0.25) is 0 Å². The number of anilines is 1. The average molecular weight is 401 g/mol. The zero-order valence-corrected chi connectivity index (χ0v) is 15.3. The average Bonchev–Trinajstić information content (AvgIpc) is 2.67. The first-order chi connectivity index (χ1) is 9.43. The van der Waals surface area contributed by atoms with Gasteiger partial charge in [-0.3, -0.25) is 4.68 Å². The first-order valence-electron chi connectivity index (χ1n) is 6.69. The van der Waals surface area contributed by atoms with Gasteiger partial charge in [0.25, 0.3) is 0 Å². The molecule has 0 aliphatic carbocycles. The summed E-state index contributed by atoms with van der Waals surface area (Å²) in [7, 11) is 0. The van der Waals surface area contributed by atoms with E-state index < -0.39 is 0 Å².